The maximum atomic E-state index is 13.5. The number of halogens is 1. The van der Waals surface area contributed by atoms with E-state index in [0.29, 0.717) is 36.2 Å². The molecule has 3 aromatic rings. The Morgan fingerprint density at radius 3 is 2.83 bits per heavy atom. The van der Waals surface area contributed by atoms with Crippen LogP contribution in [0.1, 0.15) is 35.1 Å². The van der Waals surface area contributed by atoms with Crippen LogP contribution in [0.4, 0.5) is 4.39 Å². The summed E-state index contributed by atoms with van der Waals surface area (Å²) in [6, 6.07) is 7.66. The van der Waals surface area contributed by atoms with Crippen LogP contribution in [0.25, 0.3) is 11.0 Å². The normalized spacial score (nSPS) is 17.7. The van der Waals surface area contributed by atoms with Crippen molar-refractivity contribution in [1.82, 2.24) is 14.3 Å². The third-order valence-electron chi connectivity index (χ3n) is 5.02. The molecule has 4 rings (SSSR count). The van der Waals surface area contributed by atoms with Gasteiger partial charge >= 0.3 is 0 Å². The van der Waals surface area contributed by atoms with E-state index in [2.05, 4.69) is 9.97 Å². The third-order valence-corrected chi connectivity index (χ3v) is 6.93. The number of methoxy groups -OCH3 is 1. The number of hydrogen-bond acceptors (Lipinski definition) is 5. The summed E-state index contributed by atoms with van der Waals surface area (Å²) in [5, 5.41) is 0. The van der Waals surface area contributed by atoms with E-state index in [1.54, 1.807) is 6.07 Å². The number of benzene rings is 2. The molecule has 152 valence electrons. The number of H-pyrrole nitrogens is 1. The molecule has 0 aliphatic carbocycles. The van der Waals surface area contributed by atoms with Crippen LogP contribution in [-0.4, -0.2) is 42.3 Å². The minimum Gasteiger partial charge on any atom is -0.496 e. The number of hydrogen-bond donors (Lipinski definition) is 2. The minimum atomic E-state index is -3.93. The average molecular weight is 418 g/mol. The number of carbonyl (C=O) groups is 1. The molecule has 1 aromatic heterocycles. The smallest absolute Gasteiger partial charge is 0.252 e. The van der Waals surface area contributed by atoms with Gasteiger partial charge in [0.2, 0.25) is 10.0 Å². The Bertz CT molecular complexity index is 1210. The van der Waals surface area contributed by atoms with Crippen molar-refractivity contribution >= 4 is 27.0 Å². The molecule has 1 aliphatic heterocycles. The molecule has 2 aromatic carbocycles. The number of sulfonamides is 1. The Morgan fingerprint density at radius 1 is 1.31 bits per heavy atom. The lowest BCUT2D eigenvalue weighted by atomic mass is 10.2. The highest BCUT2D eigenvalue weighted by atomic mass is 32.2. The van der Waals surface area contributed by atoms with Crippen LogP contribution in [0.5, 0.6) is 5.75 Å². The predicted molar refractivity (Wildman–Crippen MR) is 103 cm³/mol. The van der Waals surface area contributed by atoms with Crippen LogP contribution in [0.15, 0.2) is 41.3 Å². The predicted octanol–water partition coefficient (Wildman–Crippen LogP) is 2.34. The van der Waals surface area contributed by atoms with Crippen LogP contribution in [0.3, 0.4) is 0 Å². The number of imidazole rings is 1. The van der Waals surface area contributed by atoms with Crippen LogP contribution in [0.2, 0.25) is 0 Å². The first-order valence-corrected chi connectivity index (χ1v) is 10.4. The maximum absolute atomic E-state index is 13.5. The zero-order chi connectivity index (χ0) is 20.8. The Labute approximate surface area is 166 Å². The topological polar surface area (TPSA) is 118 Å². The summed E-state index contributed by atoms with van der Waals surface area (Å²) >= 11 is 0. The second-order valence-corrected chi connectivity index (χ2v) is 8.67. The number of ether oxygens (including phenoxy) is 1. The van der Waals surface area contributed by atoms with E-state index in [0.717, 1.165) is 0 Å². The minimum absolute atomic E-state index is 0.0106. The van der Waals surface area contributed by atoms with Gasteiger partial charge in [-0.15, -0.1) is 0 Å². The van der Waals surface area contributed by atoms with Crippen LogP contribution in [-0.2, 0) is 10.0 Å². The molecule has 0 spiro atoms. The number of carbonyl (C=O) groups excluding carboxylic acids is 1. The molecule has 8 nitrogen and oxygen atoms in total. The molecule has 1 saturated heterocycles. The molecule has 3 N–H and O–H groups in total. The van der Waals surface area contributed by atoms with Crippen LogP contribution in [0, 0.1) is 5.82 Å². The third kappa shape index (κ3) is 3.34. The van der Waals surface area contributed by atoms with Crippen molar-refractivity contribution in [3.8, 4) is 5.75 Å². The highest BCUT2D eigenvalue weighted by Gasteiger charge is 2.38. The highest BCUT2D eigenvalue weighted by molar-refractivity contribution is 7.89. The molecular weight excluding hydrogens is 399 g/mol. The maximum Gasteiger partial charge on any atom is 0.252 e. The zero-order valence-corrected chi connectivity index (χ0v) is 16.4. The lowest BCUT2D eigenvalue weighted by molar-refractivity contribution is 0.0997. The molecule has 1 unspecified atom stereocenters. The van der Waals surface area contributed by atoms with Gasteiger partial charge in [0.15, 0.2) is 0 Å². The van der Waals surface area contributed by atoms with Crippen molar-refractivity contribution in [1.29, 1.82) is 0 Å². The number of rotatable bonds is 5. The lowest BCUT2D eigenvalue weighted by Crippen LogP contribution is -2.31. The Hall–Kier alpha value is -2.98. The second kappa shape index (κ2) is 7.12. The first-order chi connectivity index (χ1) is 13.8. The van der Waals surface area contributed by atoms with Gasteiger partial charge in [-0.25, -0.2) is 17.8 Å². The van der Waals surface area contributed by atoms with Crippen LogP contribution < -0.4 is 10.5 Å². The quantitative estimate of drug-likeness (QED) is 0.659. The summed E-state index contributed by atoms with van der Waals surface area (Å²) in [5.41, 5.74) is 6.41. The van der Waals surface area contributed by atoms with Gasteiger partial charge in [0, 0.05) is 6.54 Å². The molecular formula is C19H19FN4O4S. The van der Waals surface area contributed by atoms with Crippen molar-refractivity contribution < 1.29 is 22.3 Å². The summed E-state index contributed by atoms with van der Waals surface area (Å²) in [7, 11) is -2.55. The van der Waals surface area contributed by atoms with Gasteiger partial charge in [0.25, 0.3) is 5.91 Å². The number of amides is 1. The second-order valence-electron chi connectivity index (χ2n) is 6.78. The van der Waals surface area contributed by atoms with Gasteiger partial charge in [-0.1, -0.05) is 0 Å². The van der Waals surface area contributed by atoms with Crippen molar-refractivity contribution in [2.75, 3.05) is 13.7 Å². The summed E-state index contributed by atoms with van der Waals surface area (Å²) in [6.07, 6.45) is 1.22. The van der Waals surface area contributed by atoms with Gasteiger partial charge in [-0.05, 0) is 49.2 Å². The van der Waals surface area contributed by atoms with Gasteiger partial charge in [-0.2, -0.15) is 4.31 Å². The average Bonchev–Trinajstić information content (AvgIpc) is 3.33. The SMILES string of the molecule is COc1ccc(S(=O)(=O)N2CCCC2c2nc3ccc(F)cc3[nH]2)cc1C(N)=O. The Kier molecular flexibility index (Phi) is 4.75. The van der Waals surface area contributed by atoms with Crippen molar-refractivity contribution in [2.24, 2.45) is 5.73 Å². The summed E-state index contributed by atoms with van der Waals surface area (Å²) in [5.74, 6) is -0.527. The molecule has 1 amide bonds. The highest BCUT2D eigenvalue weighted by Crippen LogP contribution is 2.37. The number of fused-ring (bicyclic) bond motifs is 1. The molecule has 1 fully saturated rings. The zero-order valence-electron chi connectivity index (χ0n) is 15.6. The molecule has 1 atom stereocenters. The fourth-order valence-electron chi connectivity index (χ4n) is 3.64. The molecule has 2 heterocycles. The molecule has 1 aliphatic rings. The monoisotopic (exact) mass is 418 g/mol. The van der Waals surface area contributed by atoms with E-state index >= 15 is 0 Å². The standard InChI is InChI=1S/C19H19FN4O4S/c1-28-17-7-5-12(10-13(17)18(21)25)29(26,27)24-8-2-3-16(24)19-22-14-6-4-11(20)9-15(14)23-19/h4-7,9-10,16H,2-3,8H2,1H3,(H2,21,25)(H,22,23). The van der Waals surface area contributed by atoms with Crippen molar-refractivity contribution in [3.63, 3.8) is 0 Å². The number of nitrogens with two attached hydrogens (primary N) is 1. The first-order valence-electron chi connectivity index (χ1n) is 8.96. The molecule has 0 saturated carbocycles. The lowest BCUT2D eigenvalue weighted by Gasteiger charge is -2.23. The van der Waals surface area contributed by atoms with E-state index in [1.165, 1.54) is 41.7 Å². The van der Waals surface area contributed by atoms with Crippen molar-refractivity contribution in [2.45, 2.75) is 23.8 Å². The number of nitrogens with one attached hydrogen (secondary N) is 1. The largest absolute Gasteiger partial charge is 0.496 e. The molecule has 0 radical (unpaired) electrons. The summed E-state index contributed by atoms with van der Waals surface area (Å²) in [6.45, 7) is 0.302. The number of aromatic amines is 1. The van der Waals surface area contributed by atoms with E-state index in [9.17, 15) is 17.6 Å². The van der Waals surface area contributed by atoms with E-state index in [4.69, 9.17) is 10.5 Å². The fourth-order valence-corrected chi connectivity index (χ4v) is 5.32. The summed E-state index contributed by atoms with van der Waals surface area (Å²) in [4.78, 5) is 19.1. The molecule has 29 heavy (non-hydrogen) atoms. The first kappa shape index (κ1) is 19.3. The fraction of sp³-hybridized carbons (Fsp3) is 0.263. The van der Waals surface area contributed by atoms with E-state index in [1.807, 2.05) is 0 Å². The van der Waals surface area contributed by atoms with Gasteiger partial charge in [0.05, 0.1) is 34.6 Å². The van der Waals surface area contributed by atoms with Gasteiger partial charge in [-0.3, -0.25) is 4.79 Å². The number of aromatic nitrogens is 2. The molecule has 10 heteroatoms. The number of nitrogens with zero attached hydrogens (tertiary/aromatic N) is 2. The van der Waals surface area contributed by atoms with Crippen molar-refractivity contribution in [3.05, 3.63) is 53.6 Å². The summed E-state index contributed by atoms with van der Waals surface area (Å²) < 4.78 is 46.5. The van der Waals surface area contributed by atoms with Gasteiger partial charge < -0.3 is 15.5 Å². The number of primary amides is 1. The van der Waals surface area contributed by atoms with E-state index < -0.39 is 27.8 Å². The van der Waals surface area contributed by atoms with E-state index in [-0.39, 0.29) is 16.2 Å². The Balaban J connectivity index is 1.74. The van der Waals surface area contributed by atoms with Crippen LogP contribution >= 0.6 is 0 Å². The van der Waals surface area contributed by atoms with Gasteiger partial charge in [0.1, 0.15) is 17.4 Å². The molecule has 0 bridgehead atoms. The Morgan fingerprint density at radius 2 is 2.10 bits per heavy atom.